The van der Waals surface area contributed by atoms with E-state index in [0.29, 0.717) is 6.04 Å². The van der Waals surface area contributed by atoms with E-state index in [1.165, 1.54) is 19.4 Å². The first-order valence-electron chi connectivity index (χ1n) is 6.84. The van der Waals surface area contributed by atoms with Crippen LogP contribution in [0, 0.1) is 0 Å². The highest BCUT2D eigenvalue weighted by molar-refractivity contribution is 9.10. The summed E-state index contributed by atoms with van der Waals surface area (Å²) in [4.78, 5) is 14.2. The number of carbonyl (C=O) groups excluding carboxylic acids is 1. The van der Waals surface area contributed by atoms with Crippen molar-refractivity contribution in [1.82, 2.24) is 10.2 Å². The summed E-state index contributed by atoms with van der Waals surface area (Å²) < 4.78 is 0. The van der Waals surface area contributed by atoms with Gasteiger partial charge in [0.15, 0.2) is 0 Å². The minimum absolute atomic E-state index is 0.0272. The lowest BCUT2D eigenvalue weighted by molar-refractivity contribution is -0.121. The maximum absolute atomic E-state index is 11.7. The number of rotatable bonds is 6. The van der Waals surface area contributed by atoms with E-state index >= 15 is 0 Å². The van der Waals surface area contributed by atoms with Crippen molar-refractivity contribution in [3.8, 4) is 0 Å². The normalized spacial score (nSPS) is 20.2. The fourth-order valence-corrected chi connectivity index (χ4v) is 2.29. The average Bonchev–Trinajstić information content (AvgIpc) is 2.37. The third-order valence-electron chi connectivity index (χ3n) is 3.40. The van der Waals surface area contributed by atoms with Crippen LogP contribution in [0.3, 0.4) is 0 Å². The van der Waals surface area contributed by atoms with Gasteiger partial charge in [0.05, 0.1) is 4.83 Å². The third-order valence-corrected chi connectivity index (χ3v) is 4.47. The van der Waals surface area contributed by atoms with Crippen LogP contribution < -0.4 is 5.32 Å². The molecule has 0 saturated carbocycles. The van der Waals surface area contributed by atoms with E-state index in [0.717, 1.165) is 32.4 Å². The van der Waals surface area contributed by atoms with Crippen LogP contribution in [-0.4, -0.2) is 41.3 Å². The van der Waals surface area contributed by atoms with Crippen molar-refractivity contribution in [2.24, 2.45) is 0 Å². The standard InChI is InChI=1S/C13H25BrN2O/c1-3-5-8-16-9-6-11(7-10-16)15-13(17)12(14)4-2/h11-12H,3-10H2,1-2H3,(H,15,17). The molecule has 1 N–H and O–H groups in total. The number of nitrogens with one attached hydrogen (secondary N) is 1. The quantitative estimate of drug-likeness (QED) is 0.765. The minimum atomic E-state index is -0.0272. The summed E-state index contributed by atoms with van der Waals surface area (Å²) in [7, 11) is 0. The Morgan fingerprint density at radius 3 is 2.59 bits per heavy atom. The molecular formula is C13H25BrN2O. The monoisotopic (exact) mass is 304 g/mol. The van der Waals surface area contributed by atoms with Crippen LogP contribution in [0.2, 0.25) is 0 Å². The first kappa shape index (κ1) is 15.0. The predicted octanol–water partition coefficient (Wildman–Crippen LogP) is 2.54. The summed E-state index contributed by atoms with van der Waals surface area (Å²) in [6.45, 7) is 7.72. The number of unbranched alkanes of at least 4 members (excludes halogenated alkanes) is 1. The molecule has 100 valence electrons. The molecule has 1 aliphatic rings. The van der Waals surface area contributed by atoms with Crippen molar-refractivity contribution in [1.29, 1.82) is 0 Å². The molecule has 0 spiro atoms. The molecule has 1 fully saturated rings. The van der Waals surface area contributed by atoms with Gasteiger partial charge in [-0.25, -0.2) is 0 Å². The molecule has 0 aromatic carbocycles. The highest BCUT2D eigenvalue weighted by Gasteiger charge is 2.22. The predicted molar refractivity (Wildman–Crippen MR) is 75.5 cm³/mol. The molecule has 17 heavy (non-hydrogen) atoms. The molecule has 4 heteroatoms. The maximum atomic E-state index is 11.7. The van der Waals surface area contributed by atoms with Gasteiger partial charge in [0.1, 0.15) is 0 Å². The number of hydrogen-bond acceptors (Lipinski definition) is 2. The van der Waals surface area contributed by atoms with Crippen molar-refractivity contribution in [3.63, 3.8) is 0 Å². The van der Waals surface area contributed by atoms with E-state index in [-0.39, 0.29) is 10.7 Å². The highest BCUT2D eigenvalue weighted by Crippen LogP contribution is 2.12. The number of piperidine rings is 1. The van der Waals surface area contributed by atoms with Gasteiger partial charge < -0.3 is 10.2 Å². The lowest BCUT2D eigenvalue weighted by Crippen LogP contribution is -2.46. The van der Waals surface area contributed by atoms with E-state index in [1.54, 1.807) is 0 Å². The number of carbonyl (C=O) groups is 1. The van der Waals surface area contributed by atoms with Crippen LogP contribution >= 0.6 is 15.9 Å². The van der Waals surface area contributed by atoms with Crippen LogP contribution in [0.25, 0.3) is 0 Å². The Balaban J connectivity index is 2.20. The third kappa shape index (κ3) is 5.38. The Morgan fingerprint density at radius 1 is 1.41 bits per heavy atom. The van der Waals surface area contributed by atoms with Crippen LogP contribution in [-0.2, 0) is 4.79 Å². The van der Waals surface area contributed by atoms with Gasteiger partial charge in [0, 0.05) is 19.1 Å². The van der Waals surface area contributed by atoms with Crippen molar-refractivity contribution in [2.75, 3.05) is 19.6 Å². The van der Waals surface area contributed by atoms with Gasteiger partial charge in [0.2, 0.25) is 5.91 Å². The molecule has 1 unspecified atom stereocenters. The molecule has 1 saturated heterocycles. The minimum Gasteiger partial charge on any atom is -0.352 e. The summed E-state index contributed by atoms with van der Waals surface area (Å²) in [6, 6.07) is 0.381. The zero-order chi connectivity index (χ0) is 12.7. The number of alkyl halides is 1. The molecule has 1 heterocycles. The van der Waals surface area contributed by atoms with E-state index in [2.05, 4.69) is 33.1 Å². The molecule has 0 bridgehead atoms. The lowest BCUT2D eigenvalue weighted by atomic mass is 10.0. The Hall–Kier alpha value is -0.0900. The zero-order valence-electron chi connectivity index (χ0n) is 11.0. The Labute approximate surface area is 113 Å². The molecule has 0 radical (unpaired) electrons. The number of likely N-dealkylation sites (tertiary alicyclic amines) is 1. The SMILES string of the molecule is CCCCN1CCC(NC(=O)C(Br)CC)CC1. The maximum Gasteiger partial charge on any atom is 0.233 e. The fourth-order valence-electron chi connectivity index (χ4n) is 2.16. The average molecular weight is 305 g/mol. The molecular weight excluding hydrogens is 280 g/mol. The first-order valence-corrected chi connectivity index (χ1v) is 7.75. The summed E-state index contributed by atoms with van der Waals surface area (Å²) >= 11 is 3.39. The Morgan fingerprint density at radius 2 is 2.06 bits per heavy atom. The zero-order valence-corrected chi connectivity index (χ0v) is 12.6. The van der Waals surface area contributed by atoms with Crippen LogP contribution in [0.5, 0.6) is 0 Å². The van der Waals surface area contributed by atoms with Crippen molar-refractivity contribution < 1.29 is 4.79 Å². The molecule has 0 aromatic rings. The summed E-state index contributed by atoms with van der Waals surface area (Å²) in [5.41, 5.74) is 0. The number of nitrogens with zero attached hydrogens (tertiary/aromatic N) is 1. The summed E-state index contributed by atoms with van der Waals surface area (Å²) in [6.07, 6.45) is 5.59. The smallest absolute Gasteiger partial charge is 0.233 e. The second-order valence-corrected chi connectivity index (χ2v) is 5.96. The van der Waals surface area contributed by atoms with Gasteiger partial charge in [-0.3, -0.25) is 4.79 Å². The van der Waals surface area contributed by atoms with Gasteiger partial charge in [0.25, 0.3) is 0 Å². The van der Waals surface area contributed by atoms with Crippen molar-refractivity contribution in [2.45, 2.75) is 56.8 Å². The first-order chi connectivity index (χ1) is 8.17. The molecule has 1 rings (SSSR count). The van der Waals surface area contributed by atoms with Crippen LogP contribution in [0.4, 0.5) is 0 Å². The Bertz CT molecular complexity index is 227. The topological polar surface area (TPSA) is 32.3 Å². The van der Waals surface area contributed by atoms with Gasteiger partial charge in [-0.15, -0.1) is 0 Å². The summed E-state index contributed by atoms with van der Waals surface area (Å²) in [5.74, 6) is 0.152. The number of halogens is 1. The molecule has 0 aromatic heterocycles. The largest absolute Gasteiger partial charge is 0.352 e. The van der Waals surface area contributed by atoms with Crippen molar-refractivity contribution >= 4 is 21.8 Å². The van der Waals surface area contributed by atoms with Gasteiger partial charge in [-0.05, 0) is 32.2 Å². The van der Waals surface area contributed by atoms with E-state index in [9.17, 15) is 4.79 Å². The van der Waals surface area contributed by atoms with E-state index in [4.69, 9.17) is 0 Å². The van der Waals surface area contributed by atoms with E-state index in [1.807, 2.05) is 6.92 Å². The molecule has 0 aliphatic carbocycles. The molecule has 1 aliphatic heterocycles. The van der Waals surface area contributed by atoms with E-state index < -0.39 is 0 Å². The fraction of sp³-hybridized carbons (Fsp3) is 0.923. The Kier molecular flexibility index (Phi) is 7.12. The van der Waals surface area contributed by atoms with Gasteiger partial charge in [-0.2, -0.15) is 0 Å². The number of amides is 1. The molecule has 1 atom stereocenters. The lowest BCUT2D eigenvalue weighted by Gasteiger charge is -2.32. The van der Waals surface area contributed by atoms with Crippen LogP contribution in [0.1, 0.15) is 46.0 Å². The second kappa shape index (κ2) is 8.09. The number of hydrogen-bond donors (Lipinski definition) is 1. The molecule has 1 amide bonds. The summed E-state index contributed by atoms with van der Waals surface area (Å²) in [5, 5.41) is 3.13. The van der Waals surface area contributed by atoms with Gasteiger partial charge >= 0.3 is 0 Å². The van der Waals surface area contributed by atoms with Crippen molar-refractivity contribution in [3.05, 3.63) is 0 Å². The highest BCUT2D eigenvalue weighted by atomic mass is 79.9. The second-order valence-electron chi connectivity index (χ2n) is 4.85. The van der Waals surface area contributed by atoms with Gasteiger partial charge in [-0.1, -0.05) is 36.2 Å². The van der Waals surface area contributed by atoms with Crippen LogP contribution in [0.15, 0.2) is 0 Å². The molecule has 3 nitrogen and oxygen atoms in total.